The lowest BCUT2D eigenvalue weighted by atomic mass is 9.76. The standard InChI is InChI=1S/C13H11F3O3/c1-8(17)12(6-7-19-11(12)18)9-2-4-10(5-3-9)13(14,15)16/h2-5H,6-7H2,1H3. The summed E-state index contributed by atoms with van der Waals surface area (Å²) in [5, 5.41) is 0. The molecule has 0 bridgehead atoms. The summed E-state index contributed by atoms with van der Waals surface area (Å²) in [6.45, 7) is 1.34. The molecule has 0 spiro atoms. The van der Waals surface area contributed by atoms with E-state index < -0.39 is 28.9 Å². The fourth-order valence-electron chi connectivity index (χ4n) is 2.25. The number of cyclic esters (lactones) is 1. The van der Waals surface area contributed by atoms with Gasteiger partial charge in [-0.25, -0.2) is 0 Å². The Morgan fingerprint density at radius 2 is 1.84 bits per heavy atom. The molecule has 1 aliphatic rings. The number of ether oxygens (including phenoxy) is 1. The first-order valence-corrected chi connectivity index (χ1v) is 5.64. The summed E-state index contributed by atoms with van der Waals surface area (Å²) >= 11 is 0. The van der Waals surface area contributed by atoms with Gasteiger partial charge >= 0.3 is 12.1 Å². The maximum Gasteiger partial charge on any atom is 0.416 e. The second kappa shape index (κ2) is 4.36. The fourth-order valence-corrected chi connectivity index (χ4v) is 2.25. The molecule has 1 saturated heterocycles. The highest BCUT2D eigenvalue weighted by Gasteiger charge is 2.50. The van der Waals surface area contributed by atoms with Crippen LogP contribution in [0.5, 0.6) is 0 Å². The van der Waals surface area contributed by atoms with Crippen LogP contribution in [0.25, 0.3) is 0 Å². The molecule has 1 aromatic rings. The largest absolute Gasteiger partial charge is 0.465 e. The third-order valence-electron chi connectivity index (χ3n) is 3.36. The molecule has 0 aromatic heterocycles. The third-order valence-corrected chi connectivity index (χ3v) is 3.36. The fraction of sp³-hybridized carbons (Fsp3) is 0.385. The predicted octanol–water partition coefficient (Wildman–Crippen LogP) is 2.48. The Morgan fingerprint density at radius 1 is 1.26 bits per heavy atom. The van der Waals surface area contributed by atoms with Crippen molar-refractivity contribution in [1.82, 2.24) is 0 Å². The summed E-state index contributed by atoms with van der Waals surface area (Å²) in [6.07, 6.45) is -4.29. The van der Waals surface area contributed by atoms with Gasteiger partial charge in [0.15, 0.2) is 11.2 Å². The van der Waals surface area contributed by atoms with Crippen LogP contribution in [-0.4, -0.2) is 18.4 Å². The first-order valence-electron chi connectivity index (χ1n) is 5.64. The average molecular weight is 272 g/mol. The number of Topliss-reactive ketones (excluding diaryl/α,β-unsaturated/α-hetero) is 1. The number of carbonyl (C=O) groups excluding carboxylic acids is 2. The van der Waals surface area contributed by atoms with Gasteiger partial charge in [-0.15, -0.1) is 0 Å². The number of carbonyl (C=O) groups is 2. The quantitative estimate of drug-likeness (QED) is 0.613. The monoisotopic (exact) mass is 272 g/mol. The minimum Gasteiger partial charge on any atom is -0.465 e. The molecule has 1 atom stereocenters. The number of alkyl halides is 3. The average Bonchev–Trinajstić information content (AvgIpc) is 2.71. The minimum absolute atomic E-state index is 0.0967. The van der Waals surface area contributed by atoms with Gasteiger partial charge in [-0.1, -0.05) is 12.1 Å². The van der Waals surface area contributed by atoms with E-state index >= 15 is 0 Å². The lowest BCUT2D eigenvalue weighted by Crippen LogP contribution is -2.38. The Balaban J connectivity index is 2.45. The van der Waals surface area contributed by atoms with Crippen LogP contribution in [0.4, 0.5) is 13.2 Å². The Labute approximate surface area is 107 Å². The van der Waals surface area contributed by atoms with Crippen molar-refractivity contribution in [3.05, 3.63) is 35.4 Å². The van der Waals surface area contributed by atoms with Gasteiger partial charge in [0.25, 0.3) is 0 Å². The van der Waals surface area contributed by atoms with E-state index in [1.165, 1.54) is 6.92 Å². The molecule has 0 radical (unpaired) electrons. The van der Waals surface area contributed by atoms with Crippen molar-refractivity contribution in [3.8, 4) is 0 Å². The van der Waals surface area contributed by atoms with Crippen molar-refractivity contribution >= 4 is 11.8 Å². The first-order chi connectivity index (χ1) is 8.78. The summed E-state index contributed by atoms with van der Waals surface area (Å²) in [4.78, 5) is 23.5. The zero-order chi connectivity index (χ0) is 14.3. The molecule has 0 saturated carbocycles. The summed E-state index contributed by atoms with van der Waals surface area (Å²) < 4.78 is 42.2. The maximum atomic E-state index is 12.5. The van der Waals surface area contributed by atoms with E-state index in [2.05, 4.69) is 0 Å². The van der Waals surface area contributed by atoms with Gasteiger partial charge in [0.2, 0.25) is 0 Å². The SMILES string of the molecule is CC(=O)C1(c2ccc(C(F)(F)F)cc2)CCOC1=O. The summed E-state index contributed by atoms with van der Waals surface area (Å²) in [5.74, 6) is -1.12. The van der Waals surface area contributed by atoms with Crippen LogP contribution < -0.4 is 0 Å². The van der Waals surface area contributed by atoms with Gasteiger partial charge in [-0.3, -0.25) is 9.59 Å². The molecule has 1 heterocycles. The second-order valence-corrected chi connectivity index (χ2v) is 4.42. The van der Waals surface area contributed by atoms with Crippen molar-refractivity contribution in [1.29, 1.82) is 0 Å². The van der Waals surface area contributed by atoms with Crippen LogP contribution in [0.2, 0.25) is 0 Å². The summed E-state index contributed by atoms with van der Waals surface area (Å²) in [7, 11) is 0. The number of benzene rings is 1. The highest BCUT2D eigenvalue weighted by Crippen LogP contribution is 2.37. The van der Waals surface area contributed by atoms with Crippen molar-refractivity contribution < 1.29 is 27.5 Å². The molecule has 102 valence electrons. The van der Waals surface area contributed by atoms with Gasteiger partial charge < -0.3 is 4.74 Å². The van der Waals surface area contributed by atoms with Crippen LogP contribution >= 0.6 is 0 Å². The van der Waals surface area contributed by atoms with Gasteiger partial charge in [-0.05, 0) is 24.6 Å². The molecule has 1 aromatic carbocycles. The van der Waals surface area contributed by atoms with Crippen LogP contribution in [0.1, 0.15) is 24.5 Å². The molecule has 0 N–H and O–H groups in total. The highest BCUT2D eigenvalue weighted by atomic mass is 19.4. The highest BCUT2D eigenvalue weighted by molar-refractivity contribution is 6.09. The molecule has 1 fully saturated rings. The van der Waals surface area contributed by atoms with E-state index in [1.54, 1.807) is 0 Å². The molecule has 1 aliphatic heterocycles. The predicted molar refractivity (Wildman–Crippen MR) is 59.4 cm³/mol. The molecule has 2 rings (SSSR count). The zero-order valence-corrected chi connectivity index (χ0v) is 10.1. The number of esters is 1. The van der Waals surface area contributed by atoms with E-state index in [0.717, 1.165) is 24.3 Å². The smallest absolute Gasteiger partial charge is 0.416 e. The number of hydrogen-bond donors (Lipinski definition) is 0. The Hall–Kier alpha value is -1.85. The molecule has 19 heavy (non-hydrogen) atoms. The van der Waals surface area contributed by atoms with Crippen LogP contribution in [0.3, 0.4) is 0 Å². The number of ketones is 1. The topological polar surface area (TPSA) is 43.4 Å². The van der Waals surface area contributed by atoms with Crippen molar-refractivity contribution in [2.75, 3.05) is 6.61 Å². The number of halogens is 3. The second-order valence-electron chi connectivity index (χ2n) is 4.42. The Bertz CT molecular complexity index is 519. The van der Waals surface area contributed by atoms with E-state index in [1.807, 2.05) is 0 Å². The molecule has 1 unspecified atom stereocenters. The number of hydrogen-bond acceptors (Lipinski definition) is 3. The molecule has 0 aliphatic carbocycles. The molecule has 3 nitrogen and oxygen atoms in total. The van der Waals surface area contributed by atoms with Gasteiger partial charge in [0, 0.05) is 6.42 Å². The molecule has 6 heteroatoms. The summed E-state index contributed by atoms with van der Waals surface area (Å²) in [6, 6.07) is 4.06. The Kier molecular flexibility index (Phi) is 3.12. The lowest BCUT2D eigenvalue weighted by molar-refractivity contribution is -0.146. The molecule has 0 amide bonds. The van der Waals surface area contributed by atoms with Crippen LogP contribution in [0.15, 0.2) is 24.3 Å². The lowest BCUT2D eigenvalue weighted by Gasteiger charge is -2.22. The third kappa shape index (κ3) is 2.11. The van der Waals surface area contributed by atoms with Crippen molar-refractivity contribution in [3.63, 3.8) is 0 Å². The van der Waals surface area contributed by atoms with Gasteiger partial charge in [0.05, 0.1) is 12.2 Å². The van der Waals surface area contributed by atoms with Crippen molar-refractivity contribution in [2.45, 2.75) is 24.9 Å². The number of rotatable bonds is 2. The Morgan fingerprint density at radius 3 is 2.21 bits per heavy atom. The van der Waals surface area contributed by atoms with E-state index in [4.69, 9.17) is 4.74 Å². The van der Waals surface area contributed by atoms with E-state index in [-0.39, 0.29) is 18.6 Å². The van der Waals surface area contributed by atoms with Crippen molar-refractivity contribution in [2.24, 2.45) is 0 Å². The minimum atomic E-state index is -4.45. The zero-order valence-electron chi connectivity index (χ0n) is 10.1. The van der Waals surface area contributed by atoms with Crippen LogP contribution in [0, 0.1) is 0 Å². The molecular weight excluding hydrogens is 261 g/mol. The van der Waals surface area contributed by atoms with E-state index in [0.29, 0.717) is 0 Å². The van der Waals surface area contributed by atoms with Gasteiger partial charge in [-0.2, -0.15) is 13.2 Å². The van der Waals surface area contributed by atoms with Crippen LogP contribution in [-0.2, 0) is 25.9 Å². The van der Waals surface area contributed by atoms with E-state index in [9.17, 15) is 22.8 Å². The normalized spacial score (nSPS) is 23.3. The summed E-state index contributed by atoms with van der Waals surface area (Å²) in [5.41, 5.74) is -2.03. The van der Waals surface area contributed by atoms with Gasteiger partial charge in [0.1, 0.15) is 0 Å². The first kappa shape index (κ1) is 13.6. The maximum absolute atomic E-state index is 12.5. The molecular formula is C13H11F3O3.